The molecule has 0 aliphatic carbocycles. The third kappa shape index (κ3) is 4.83. The van der Waals surface area contributed by atoms with Gasteiger partial charge in [0.25, 0.3) is 0 Å². The van der Waals surface area contributed by atoms with Crippen molar-refractivity contribution < 1.29 is 48.1 Å². The van der Waals surface area contributed by atoms with Crippen LogP contribution < -0.4 is 10.5 Å². The Balaban J connectivity index is 0.00000361. The number of nitriles is 1. The van der Waals surface area contributed by atoms with Crippen LogP contribution in [-0.4, -0.2) is 12.8 Å². The van der Waals surface area contributed by atoms with Gasteiger partial charge in [0, 0.05) is 23.1 Å². The molecule has 112 valence electrons. The normalized spacial score (nSPS) is 11.4. The van der Waals surface area contributed by atoms with E-state index in [4.69, 9.17) is 11.0 Å². The summed E-state index contributed by atoms with van der Waals surface area (Å²) in [7, 11) is 0. The van der Waals surface area contributed by atoms with Gasteiger partial charge in [-0.05, 0) is 6.07 Å². The van der Waals surface area contributed by atoms with E-state index in [1.54, 1.807) is 0 Å². The predicted octanol–water partition coefficient (Wildman–Crippen LogP) is 3.10. The predicted molar refractivity (Wildman–Crippen MR) is 52.1 cm³/mol. The van der Waals surface area contributed by atoms with Gasteiger partial charge in [-0.25, -0.2) is 0 Å². The second-order valence-electron chi connectivity index (χ2n) is 3.45. The Morgan fingerprint density at radius 3 is 2.10 bits per heavy atom. The second kappa shape index (κ2) is 6.24. The summed E-state index contributed by atoms with van der Waals surface area (Å²) < 4.78 is 77.6. The molecule has 0 amide bonds. The van der Waals surface area contributed by atoms with Crippen LogP contribution in [0.3, 0.4) is 0 Å². The number of nitrogens with two attached hydrogens (primary N) is 1. The van der Waals surface area contributed by atoms with Crippen LogP contribution in [0.4, 0.5) is 32.0 Å². The maximum atomic E-state index is 12.6. The summed E-state index contributed by atoms with van der Waals surface area (Å²) in [6.45, 7) is -1.90. The van der Waals surface area contributed by atoms with Gasteiger partial charge in [0.05, 0.1) is 16.8 Å². The van der Waals surface area contributed by atoms with Crippen molar-refractivity contribution in [2.24, 2.45) is 0 Å². The Bertz CT molecular complexity index is 520. The van der Waals surface area contributed by atoms with Gasteiger partial charge in [-0.15, -0.1) is 0 Å². The largest absolute Gasteiger partial charge is 0.483 e. The third-order valence-electron chi connectivity index (χ3n) is 1.97. The molecule has 1 aromatic carbocycles. The van der Waals surface area contributed by atoms with Gasteiger partial charge in [-0.1, -0.05) is 0 Å². The minimum absolute atomic E-state index is 0. The molecule has 0 unspecified atom stereocenters. The van der Waals surface area contributed by atoms with E-state index in [2.05, 4.69) is 4.74 Å². The molecule has 0 radical (unpaired) electrons. The van der Waals surface area contributed by atoms with E-state index in [0.29, 0.717) is 12.1 Å². The van der Waals surface area contributed by atoms with E-state index in [-0.39, 0.29) is 17.1 Å². The Morgan fingerprint density at radius 1 is 1.15 bits per heavy atom. The molecule has 1 rings (SSSR count). The molecule has 2 N–H and O–H groups in total. The molecule has 0 aliphatic rings. The summed E-state index contributed by atoms with van der Waals surface area (Å²) in [5.41, 5.74) is 2.83. The quantitative estimate of drug-likeness (QED) is 0.511. The molecule has 0 aliphatic heterocycles. The summed E-state index contributed by atoms with van der Waals surface area (Å²) >= 11 is 0. The van der Waals surface area contributed by atoms with E-state index in [1.165, 1.54) is 6.07 Å². The molecular formula is C10H6F6FeN2O. The number of alkyl halides is 6. The molecule has 0 spiro atoms. The molecule has 0 saturated carbocycles. The average Bonchev–Trinajstić information content (AvgIpc) is 2.24. The number of ether oxygens (including phenoxy) is 1. The molecule has 10 heteroatoms. The van der Waals surface area contributed by atoms with Crippen LogP contribution in [0.2, 0.25) is 0 Å². The Morgan fingerprint density at radius 2 is 1.70 bits per heavy atom. The first-order chi connectivity index (χ1) is 8.54. The van der Waals surface area contributed by atoms with Crippen LogP contribution in [0.5, 0.6) is 5.75 Å². The second-order valence-corrected chi connectivity index (χ2v) is 3.45. The maximum absolute atomic E-state index is 12.6. The first-order valence-corrected chi connectivity index (χ1v) is 4.65. The molecule has 0 fully saturated rings. The number of benzene rings is 1. The Kier molecular flexibility index (Phi) is 5.74. The van der Waals surface area contributed by atoms with Crippen LogP contribution in [0.15, 0.2) is 12.1 Å². The fraction of sp³-hybridized carbons (Fsp3) is 0.300. The van der Waals surface area contributed by atoms with Gasteiger partial charge in [0.2, 0.25) is 0 Å². The number of anilines is 1. The van der Waals surface area contributed by atoms with E-state index in [9.17, 15) is 26.3 Å². The molecule has 1 aromatic rings. The van der Waals surface area contributed by atoms with Crippen LogP contribution in [0, 0.1) is 11.3 Å². The number of hydrogen-bond donors (Lipinski definition) is 1. The minimum Gasteiger partial charge on any atom is -0.483 e. The molecule has 20 heavy (non-hydrogen) atoms. The van der Waals surface area contributed by atoms with E-state index < -0.39 is 41.5 Å². The van der Waals surface area contributed by atoms with Crippen LogP contribution in [-0.2, 0) is 23.2 Å². The molecule has 0 bridgehead atoms. The number of nitrogen functional groups attached to an aromatic ring is 1. The van der Waals surface area contributed by atoms with Crippen molar-refractivity contribution in [2.45, 2.75) is 12.4 Å². The first-order valence-electron chi connectivity index (χ1n) is 4.65. The first kappa shape index (κ1) is 18.4. The monoisotopic (exact) mass is 340 g/mol. The molecule has 0 atom stereocenters. The van der Waals surface area contributed by atoms with Crippen molar-refractivity contribution in [3.63, 3.8) is 0 Å². The van der Waals surface area contributed by atoms with Crippen molar-refractivity contribution in [1.29, 1.82) is 5.26 Å². The maximum Gasteiger partial charge on any atom is 0.422 e. The molecule has 0 aromatic heterocycles. The number of rotatable bonds is 2. The SMILES string of the molecule is N#Cc1cc(OCC(F)(F)F)c(C(F)(F)F)cc1N.[Fe]. The fourth-order valence-electron chi connectivity index (χ4n) is 1.19. The van der Waals surface area contributed by atoms with Gasteiger partial charge >= 0.3 is 12.4 Å². The van der Waals surface area contributed by atoms with Crippen LogP contribution >= 0.6 is 0 Å². The standard InChI is InChI=1S/C10H6F6N2O.Fe/c11-9(12,13)4-19-8-1-5(3-17)7(18)2-6(8)10(14,15)16;/h1-2H,4,18H2;. The van der Waals surface area contributed by atoms with Crippen molar-refractivity contribution in [1.82, 2.24) is 0 Å². The van der Waals surface area contributed by atoms with E-state index in [0.717, 1.165) is 0 Å². The summed E-state index contributed by atoms with van der Waals surface area (Å²) in [5.74, 6) is -1.09. The fourth-order valence-corrected chi connectivity index (χ4v) is 1.19. The van der Waals surface area contributed by atoms with Gasteiger partial charge in [0.15, 0.2) is 6.61 Å². The van der Waals surface area contributed by atoms with Crippen LogP contribution in [0.25, 0.3) is 0 Å². The van der Waals surface area contributed by atoms with Crippen LogP contribution in [0.1, 0.15) is 11.1 Å². The van der Waals surface area contributed by atoms with Gasteiger partial charge in [-0.2, -0.15) is 31.6 Å². The Hall–Kier alpha value is -1.59. The zero-order valence-corrected chi connectivity index (χ0v) is 10.5. The van der Waals surface area contributed by atoms with E-state index in [1.807, 2.05) is 0 Å². The molecule has 3 nitrogen and oxygen atoms in total. The molecule has 0 saturated heterocycles. The summed E-state index contributed by atoms with van der Waals surface area (Å²) in [4.78, 5) is 0. The average molecular weight is 340 g/mol. The smallest absolute Gasteiger partial charge is 0.422 e. The molecular weight excluding hydrogens is 334 g/mol. The molecule has 0 heterocycles. The van der Waals surface area contributed by atoms with Crippen molar-refractivity contribution in [3.05, 3.63) is 23.3 Å². The third-order valence-corrected chi connectivity index (χ3v) is 1.97. The zero-order valence-electron chi connectivity index (χ0n) is 9.42. The topological polar surface area (TPSA) is 59.0 Å². The van der Waals surface area contributed by atoms with Gasteiger partial charge < -0.3 is 10.5 Å². The summed E-state index contributed by atoms with van der Waals surface area (Å²) in [5, 5.41) is 8.58. The number of halogens is 6. The van der Waals surface area contributed by atoms with Crippen molar-refractivity contribution in [2.75, 3.05) is 12.3 Å². The number of nitrogens with zero attached hydrogens (tertiary/aromatic N) is 1. The zero-order chi connectivity index (χ0) is 14.8. The van der Waals surface area contributed by atoms with Crippen molar-refractivity contribution >= 4 is 5.69 Å². The van der Waals surface area contributed by atoms with Gasteiger partial charge in [-0.3, -0.25) is 0 Å². The van der Waals surface area contributed by atoms with Gasteiger partial charge in [0.1, 0.15) is 11.8 Å². The number of hydrogen-bond acceptors (Lipinski definition) is 3. The Labute approximate surface area is 119 Å². The minimum atomic E-state index is -4.94. The summed E-state index contributed by atoms with van der Waals surface area (Å²) in [6, 6.07) is 2.35. The van der Waals surface area contributed by atoms with E-state index >= 15 is 0 Å². The van der Waals surface area contributed by atoms with Crippen molar-refractivity contribution in [3.8, 4) is 11.8 Å². The summed E-state index contributed by atoms with van der Waals surface area (Å²) in [6.07, 6.45) is -9.74.